The maximum Gasteiger partial charge on any atom is 0.244 e. The molecule has 0 bridgehead atoms. The first-order chi connectivity index (χ1) is 8.38. The lowest BCUT2D eigenvalue weighted by molar-refractivity contribution is -0.130. The van der Waals surface area contributed by atoms with Crippen LogP contribution in [0.1, 0.15) is 39.0 Å². The monoisotopic (exact) mass is 276 g/mol. The number of carbonyl (C=O) groups is 2. The van der Waals surface area contributed by atoms with Crippen LogP contribution in [0.3, 0.4) is 0 Å². The molecule has 0 aromatic carbocycles. The van der Waals surface area contributed by atoms with Crippen molar-refractivity contribution in [1.82, 2.24) is 9.62 Å². The number of hydrogen-bond donors (Lipinski definition) is 1. The third-order valence-electron chi connectivity index (χ3n) is 2.90. The number of carbonyl (C=O) groups excluding carboxylic acids is 2. The van der Waals surface area contributed by atoms with E-state index in [1.54, 1.807) is 0 Å². The smallest absolute Gasteiger partial charge is 0.244 e. The van der Waals surface area contributed by atoms with Crippen LogP contribution in [-0.4, -0.2) is 43.4 Å². The Morgan fingerprint density at radius 3 is 2.67 bits per heavy atom. The predicted molar refractivity (Wildman–Crippen MR) is 67.2 cm³/mol. The Morgan fingerprint density at radius 1 is 1.44 bits per heavy atom. The Hall–Kier alpha value is -1.11. The Morgan fingerprint density at radius 2 is 2.11 bits per heavy atom. The first-order valence-electron chi connectivity index (χ1n) is 6.18. The highest BCUT2D eigenvalue weighted by Gasteiger charge is 2.41. The zero-order valence-corrected chi connectivity index (χ0v) is 11.6. The van der Waals surface area contributed by atoms with Crippen molar-refractivity contribution >= 4 is 21.8 Å². The number of amides is 2. The van der Waals surface area contributed by atoms with Gasteiger partial charge in [0.15, 0.2) is 0 Å². The average Bonchev–Trinajstić information content (AvgIpc) is 2.66. The van der Waals surface area contributed by atoms with Crippen molar-refractivity contribution in [2.24, 2.45) is 0 Å². The van der Waals surface area contributed by atoms with Crippen molar-refractivity contribution in [3.05, 3.63) is 0 Å². The van der Waals surface area contributed by atoms with Crippen LogP contribution in [0.2, 0.25) is 0 Å². The summed E-state index contributed by atoms with van der Waals surface area (Å²) < 4.78 is 23.6. The summed E-state index contributed by atoms with van der Waals surface area (Å²) in [4.78, 5) is 23.3. The highest BCUT2D eigenvalue weighted by Crippen LogP contribution is 2.21. The van der Waals surface area contributed by atoms with Gasteiger partial charge in [0.25, 0.3) is 0 Å². The Bertz CT molecular complexity index is 419. The zero-order valence-electron chi connectivity index (χ0n) is 10.8. The number of nitrogens with zero attached hydrogens (tertiary/aromatic N) is 1. The third-order valence-corrected chi connectivity index (χ3v) is 4.07. The molecule has 1 atom stereocenters. The van der Waals surface area contributed by atoms with Crippen LogP contribution in [0, 0.1) is 0 Å². The highest BCUT2D eigenvalue weighted by atomic mass is 32.2. The van der Waals surface area contributed by atoms with Crippen LogP contribution in [0.4, 0.5) is 0 Å². The van der Waals surface area contributed by atoms with E-state index in [2.05, 4.69) is 12.2 Å². The van der Waals surface area contributed by atoms with E-state index >= 15 is 0 Å². The maximum absolute atomic E-state index is 11.8. The van der Waals surface area contributed by atoms with Crippen molar-refractivity contribution in [2.75, 3.05) is 12.8 Å². The van der Waals surface area contributed by atoms with E-state index in [0.717, 1.165) is 25.5 Å². The molecular formula is C11H20N2O4S. The van der Waals surface area contributed by atoms with Gasteiger partial charge in [-0.2, -0.15) is 0 Å². The van der Waals surface area contributed by atoms with Gasteiger partial charge in [-0.3, -0.25) is 9.59 Å². The molecule has 0 radical (unpaired) electrons. The van der Waals surface area contributed by atoms with Crippen molar-refractivity contribution in [2.45, 2.75) is 45.1 Å². The molecular weight excluding hydrogens is 256 g/mol. The third kappa shape index (κ3) is 3.69. The van der Waals surface area contributed by atoms with Gasteiger partial charge in [0, 0.05) is 13.0 Å². The van der Waals surface area contributed by atoms with E-state index in [4.69, 9.17) is 0 Å². The molecule has 104 valence electrons. The molecule has 1 aliphatic heterocycles. The van der Waals surface area contributed by atoms with Gasteiger partial charge < -0.3 is 5.32 Å². The molecule has 18 heavy (non-hydrogen) atoms. The fourth-order valence-electron chi connectivity index (χ4n) is 2.02. The molecule has 1 aliphatic rings. The van der Waals surface area contributed by atoms with E-state index in [-0.39, 0.29) is 18.7 Å². The Kier molecular flexibility index (Phi) is 5.13. The van der Waals surface area contributed by atoms with Gasteiger partial charge in [-0.15, -0.1) is 0 Å². The minimum atomic E-state index is -3.66. The molecule has 0 aromatic rings. The summed E-state index contributed by atoms with van der Waals surface area (Å²) in [5, 5.41) is 2.68. The number of nitrogens with one attached hydrogen (secondary N) is 1. The van der Waals surface area contributed by atoms with Gasteiger partial charge in [-0.05, 0) is 12.8 Å². The summed E-state index contributed by atoms with van der Waals surface area (Å²) >= 11 is 0. The highest BCUT2D eigenvalue weighted by molar-refractivity contribution is 7.89. The minimum absolute atomic E-state index is 0.111. The first kappa shape index (κ1) is 14.9. The molecule has 1 heterocycles. The summed E-state index contributed by atoms with van der Waals surface area (Å²) in [6, 6.07) is -0.867. The lowest BCUT2D eigenvalue weighted by Gasteiger charge is -2.21. The van der Waals surface area contributed by atoms with Gasteiger partial charge in [0.2, 0.25) is 21.8 Å². The molecule has 1 N–H and O–H groups in total. The molecule has 1 unspecified atom stereocenters. The quantitative estimate of drug-likeness (QED) is 0.705. The molecule has 0 aliphatic carbocycles. The minimum Gasteiger partial charge on any atom is -0.354 e. The van der Waals surface area contributed by atoms with E-state index in [1.807, 2.05) is 0 Å². The van der Waals surface area contributed by atoms with Crippen LogP contribution < -0.4 is 5.32 Å². The molecule has 0 aromatic heterocycles. The van der Waals surface area contributed by atoms with Crippen molar-refractivity contribution < 1.29 is 18.0 Å². The number of rotatable bonds is 6. The maximum atomic E-state index is 11.8. The van der Waals surface area contributed by atoms with Crippen molar-refractivity contribution in [3.8, 4) is 0 Å². The van der Waals surface area contributed by atoms with Crippen molar-refractivity contribution in [1.29, 1.82) is 0 Å². The van der Waals surface area contributed by atoms with Gasteiger partial charge in [0.1, 0.15) is 6.04 Å². The summed E-state index contributed by atoms with van der Waals surface area (Å²) in [7, 11) is -3.66. The second-order valence-corrected chi connectivity index (χ2v) is 6.36. The van der Waals surface area contributed by atoms with Crippen molar-refractivity contribution in [3.63, 3.8) is 0 Å². The van der Waals surface area contributed by atoms with Crippen LogP contribution in [0.15, 0.2) is 0 Å². The molecule has 0 spiro atoms. The molecule has 1 fully saturated rings. The van der Waals surface area contributed by atoms with Gasteiger partial charge >= 0.3 is 0 Å². The van der Waals surface area contributed by atoms with E-state index in [1.165, 1.54) is 0 Å². The average molecular weight is 276 g/mol. The fraction of sp³-hybridized carbons (Fsp3) is 0.818. The van der Waals surface area contributed by atoms with Crippen LogP contribution >= 0.6 is 0 Å². The standard InChI is InChI=1S/C11H20N2O4S/c1-3-4-5-8-12-11(15)9-6-7-10(14)13(9)18(2,16)17/h9H,3-8H2,1-2H3,(H,12,15). The number of sulfonamides is 1. The van der Waals surface area contributed by atoms with Crippen LogP contribution in [0.25, 0.3) is 0 Å². The largest absolute Gasteiger partial charge is 0.354 e. The SMILES string of the molecule is CCCCCNC(=O)C1CCC(=O)N1S(C)(=O)=O. The Labute approximate surface area is 108 Å². The molecule has 1 rings (SSSR count). The summed E-state index contributed by atoms with van der Waals surface area (Å²) in [6.07, 6.45) is 4.26. The lowest BCUT2D eigenvalue weighted by atomic mass is 10.2. The number of unbranched alkanes of at least 4 members (excludes halogenated alkanes) is 2. The van der Waals surface area contributed by atoms with Crippen LogP contribution in [0.5, 0.6) is 0 Å². The predicted octanol–water partition coefficient (Wildman–Crippen LogP) is 0.243. The second-order valence-electron chi connectivity index (χ2n) is 4.51. The van der Waals surface area contributed by atoms with E-state index < -0.39 is 22.0 Å². The fourth-order valence-corrected chi connectivity index (χ4v) is 3.14. The zero-order chi connectivity index (χ0) is 13.8. The molecule has 0 saturated carbocycles. The first-order valence-corrected chi connectivity index (χ1v) is 8.02. The Balaban J connectivity index is 2.59. The van der Waals surface area contributed by atoms with Crippen LogP contribution in [-0.2, 0) is 19.6 Å². The normalized spacial score (nSPS) is 20.2. The summed E-state index contributed by atoms with van der Waals surface area (Å²) in [6.45, 7) is 2.58. The second kappa shape index (κ2) is 6.17. The lowest BCUT2D eigenvalue weighted by Crippen LogP contribution is -2.47. The molecule has 2 amide bonds. The number of hydrogen-bond acceptors (Lipinski definition) is 4. The molecule has 1 saturated heterocycles. The summed E-state index contributed by atoms with van der Waals surface area (Å²) in [5.41, 5.74) is 0. The molecule has 6 nitrogen and oxygen atoms in total. The summed E-state index contributed by atoms with van der Waals surface area (Å²) in [5.74, 6) is -0.867. The van der Waals surface area contributed by atoms with Gasteiger partial charge in [0.05, 0.1) is 6.26 Å². The topological polar surface area (TPSA) is 83.6 Å². The van der Waals surface area contributed by atoms with Gasteiger partial charge in [-0.25, -0.2) is 12.7 Å². The van der Waals surface area contributed by atoms with Gasteiger partial charge in [-0.1, -0.05) is 19.8 Å². The van der Waals surface area contributed by atoms with E-state index in [9.17, 15) is 18.0 Å². The molecule has 7 heteroatoms. The van der Waals surface area contributed by atoms with E-state index in [0.29, 0.717) is 10.8 Å².